The summed E-state index contributed by atoms with van der Waals surface area (Å²) in [5, 5.41) is 6.61. The summed E-state index contributed by atoms with van der Waals surface area (Å²) in [7, 11) is 4.05. The van der Waals surface area contributed by atoms with Crippen molar-refractivity contribution in [1.29, 1.82) is 0 Å². The molecule has 0 bridgehead atoms. The van der Waals surface area contributed by atoms with Crippen LogP contribution in [0, 0.1) is 0 Å². The molecule has 0 aliphatic rings. The predicted octanol–water partition coefficient (Wildman–Crippen LogP) is 1.75. The summed E-state index contributed by atoms with van der Waals surface area (Å²) in [5.74, 6) is 0. The first-order valence-electron chi connectivity index (χ1n) is 4.98. The Bertz CT molecular complexity index is 270. The molecule has 0 aliphatic heterocycles. The molecule has 1 aromatic heterocycles. The Morgan fingerprint density at radius 3 is 2.79 bits per heavy atom. The van der Waals surface area contributed by atoms with Gasteiger partial charge in [0.05, 0.1) is 5.69 Å². The van der Waals surface area contributed by atoms with Gasteiger partial charge < -0.3 is 10.2 Å². The van der Waals surface area contributed by atoms with E-state index >= 15 is 0 Å². The number of anilines is 1. The lowest BCUT2D eigenvalue weighted by molar-refractivity contribution is 0.560. The number of likely N-dealkylation sites (N-methyl/N-ethyl adjacent to an activating group) is 1. The van der Waals surface area contributed by atoms with Crippen LogP contribution in [0.4, 0.5) is 5.13 Å². The molecule has 1 heterocycles. The third kappa shape index (κ3) is 3.27. The largest absolute Gasteiger partial charge is 0.354 e. The van der Waals surface area contributed by atoms with Gasteiger partial charge >= 0.3 is 0 Å². The molecule has 0 amide bonds. The van der Waals surface area contributed by atoms with Gasteiger partial charge in [0.25, 0.3) is 0 Å². The van der Waals surface area contributed by atoms with E-state index in [9.17, 15) is 0 Å². The second-order valence-corrected chi connectivity index (χ2v) is 4.52. The number of hydrogen-bond donors (Lipinski definition) is 1. The zero-order chi connectivity index (χ0) is 10.6. The third-order valence-corrected chi connectivity index (χ3v) is 3.05. The van der Waals surface area contributed by atoms with Gasteiger partial charge in [-0.3, -0.25) is 0 Å². The first kappa shape index (κ1) is 11.5. The number of aromatic nitrogens is 1. The van der Waals surface area contributed by atoms with Crippen molar-refractivity contribution in [3.63, 3.8) is 0 Å². The molecule has 0 saturated heterocycles. The minimum absolute atomic E-state index is 0.511. The molecule has 3 nitrogen and oxygen atoms in total. The molecule has 1 unspecified atom stereocenters. The van der Waals surface area contributed by atoms with E-state index < -0.39 is 0 Å². The highest BCUT2D eigenvalue weighted by Gasteiger charge is 2.06. The third-order valence-electron chi connectivity index (χ3n) is 1.99. The van der Waals surface area contributed by atoms with E-state index in [-0.39, 0.29) is 0 Å². The van der Waals surface area contributed by atoms with Crippen molar-refractivity contribution in [2.45, 2.75) is 26.3 Å². The summed E-state index contributed by atoms with van der Waals surface area (Å²) in [6.45, 7) is 5.34. The average molecular weight is 213 g/mol. The number of nitrogens with one attached hydrogen (secondary N) is 1. The molecule has 0 aliphatic carbocycles. The standard InChI is InChI=1S/C10H19N3S/c1-5-11-8(2)6-9-7-14-10(12-9)13(3)4/h7-8,11H,5-6H2,1-4H3. The van der Waals surface area contributed by atoms with Crippen molar-refractivity contribution in [1.82, 2.24) is 10.3 Å². The monoisotopic (exact) mass is 213 g/mol. The fraction of sp³-hybridized carbons (Fsp3) is 0.700. The van der Waals surface area contributed by atoms with E-state index in [2.05, 4.69) is 29.5 Å². The van der Waals surface area contributed by atoms with Gasteiger partial charge in [-0.1, -0.05) is 6.92 Å². The molecular weight excluding hydrogens is 194 g/mol. The Balaban J connectivity index is 2.51. The quantitative estimate of drug-likeness (QED) is 0.807. The zero-order valence-corrected chi connectivity index (χ0v) is 10.2. The SMILES string of the molecule is CCNC(C)Cc1csc(N(C)C)n1. The molecule has 0 radical (unpaired) electrons. The van der Waals surface area contributed by atoms with Crippen molar-refractivity contribution >= 4 is 16.5 Å². The Labute approximate surface area is 90.2 Å². The van der Waals surface area contributed by atoms with Gasteiger partial charge in [0.1, 0.15) is 0 Å². The lowest BCUT2D eigenvalue weighted by Crippen LogP contribution is -2.27. The fourth-order valence-corrected chi connectivity index (χ4v) is 2.10. The molecule has 1 N–H and O–H groups in total. The zero-order valence-electron chi connectivity index (χ0n) is 9.37. The van der Waals surface area contributed by atoms with Crippen LogP contribution in [0.3, 0.4) is 0 Å². The number of hydrogen-bond acceptors (Lipinski definition) is 4. The van der Waals surface area contributed by atoms with E-state index in [0.717, 1.165) is 18.1 Å². The van der Waals surface area contributed by atoms with Crippen molar-refractivity contribution in [2.75, 3.05) is 25.5 Å². The molecule has 0 fully saturated rings. The first-order valence-corrected chi connectivity index (χ1v) is 5.86. The minimum atomic E-state index is 0.511. The van der Waals surface area contributed by atoms with Gasteiger partial charge in [-0.25, -0.2) is 4.98 Å². The summed E-state index contributed by atoms with van der Waals surface area (Å²) in [5.41, 5.74) is 1.19. The molecule has 0 spiro atoms. The summed E-state index contributed by atoms with van der Waals surface area (Å²) in [4.78, 5) is 6.58. The second kappa shape index (κ2) is 5.32. The van der Waals surface area contributed by atoms with E-state index in [1.54, 1.807) is 11.3 Å². The van der Waals surface area contributed by atoms with Crippen LogP contribution in [-0.4, -0.2) is 31.7 Å². The Morgan fingerprint density at radius 1 is 1.57 bits per heavy atom. The summed E-state index contributed by atoms with van der Waals surface area (Å²) in [6.07, 6.45) is 1.01. The topological polar surface area (TPSA) is 28.2 Å². The molecule has 14 heavy (non-hydrogen) atoms. The molecular formula is C10H19N3S. The molecule has 4 heteroatoms. The maximum atomic E-state index is 4.54. The number of nitrogens with zero attached hydrogens (tertiary/aromatic N) is 2. The van der Waals surface area contributed by atoms with E-state index in [1.807, 2.05) is 19.0 Å². The molecule has 0 aromatic carbocycles. The van der Waals surface area contributed by atoms with E-state index in [1.165, 1.54) is 5.69 Å². The fourth-order valence-electron chi connectivity index (χ4n) is 1.33. The van der Waals surface area contributed by atoms with Crippen molar-refractivity contribution in [2.24, 2.45) is 0 Å². The number of rotatable bonds is 5. The van der Waals surface area contributed by atoms with Gasteiger partial charge in [-0.15, -0.1) is 11.3 Å². The van der Waals surface area contributed by atoms with E-state index in [0.29, 0.717) is 6.04 Å². The summed E-state index contributed by atoms with van der Waals surface area (Å²) in [6, 6.07) is 0.511. The van der Waals surface area contributed by atoms with Gasteiger partial charge in [0, 0.05) is 31.9 Å². The molecule has 1 rings (SSSR count). The van der Waals surface area contributed by atoms with Crippen molar-refractivity contribution in [3.05, 3.63) is 11.1 Å². The van der Waals surface area contributed by atoms with Crippen LogP contribution >= 0.6 is 11.3 Å². The average Bonchev–Trinajstić information content (AvgIpc) is 2.53. The van der Waals surface area contributed by atoms with Crippen LogP contribution in [0.1, 0.15) is 19.5 Å². The highest BCUT2D eigenvalue weighted by Crippen LogP contribution is 2.18. The van der Waals surface area contributed by atoms with Crippen LogP contribution in [-0.2, 0) is 6.42 Å². The van der Waals surface area contributed by atoms with Crippen LogP contribution in [0.5, 0.6) is 0 Å². The van der Waals surface area contributed by atoms with Crippen molar-refractivity contribution < 1.29 is 0 Å². The van der Waals surface area contributed by atoms with Gasteiger partial charge in [0.2, 0.25) is 0 Å². The minimum Gasteiger partial charge on any atom is -0.354 e. The molecule has 1 aromatic rings. The Morgan fingerprint density at radius 2 is 2.29 bits per heavy atom. The highest BCUT2D eigenvalue weighted by molar-refractivity contribution is 7.13. The Hall–Kier alpha value is -0.610. The van der Waals surface area contributed by atoms with Crippen LogP contribution in [0.25, 0.3) is 0 Å². The maximum absolute atomic E-state index is 4.54. The summed E-state index contributed by atoms with van der Waals surface area (Å²) >= 11 is 1.70. The van der Waals surface area contributed by atoms with Gasteiger partial charge in [-0.2, -0.15) is 0 Å². The molecule has 1 atom stereocenters. The lowest BCUT2D eigenvalue weighted by atomic mass is 10.2. The second-order valence-electron chi connectivity index (χ2n) is 3.68. The smallest absolute Gasteiger partial charge is 0.184 e. The normalized spacial score (nSPS) is 12.9. The summed E-state index contributed by atoms with van der Waals surface area (Å²) < 4.78 is 0. The van der Waals surface area contributed by atoms with Crippen LogP contribution in [0.2, 0.25) is 0 Å². The van der Waals surface area contributed by atoms with Crippen molar-refractivity contribution in [3.8, 4) is 0 Å². The van der Waals surface area contributed by atoms with Gasteiger partial charge in [0.15, 0.2) is 5.13 Å². The predicted molar refractivity (Wildman–Crippen MR) is 63.3 cm³/mol. The maximum Gasteiger partial charge on any atom is 0.184 e. The Kier molecular flexibility index (Phi) is 4.35. The lowest BCUT2D eigenvalue weighted by Gasteiger charge is -2.10. The van der Waals surface area contributed by atoms with E-state index in [4.69, 9.17) is 0 Å². The molecule has 0 saturated carbocycles. The highest BCUT2D eigenvalue weighted by atomic mass is 32.1. The van der Waals surface area contributed by atoms with Gasteiger partial charge in [-0.05, 0) is 13.5 Å². The molecule has 80 valence electrons. The van der Waals surface area contributed by atoms with Crippen LogP contribution < -0.4 is 10.2 Å². The number of thiazole rings is 1. The van der Waals surface area contributed by atoms with Crippen LogP contribution in [0.15, 0.2) is 5.38 Å². The first-order chi connectivity index (χ1) is 6.63.